The maximum absolute atomic E-state index is 13.3. The third-order valence-corrected chi connectivity index (χ3v) is 5.63. The Labute approximate surface area is 175 Å². The second-order valence-corrected chi connectivity index (χ2v) is 7.85. The molecule has 1 aliphatic heterocycles. The minimum atomic E-state index is -0.836. The Morgan fingerprint density at radius 1 is 1.00 bits per heavy atom. The summed E-state index contributed by atoms with van der Waals surface area (Å²) in [6.45, 7) is 2.90. The number of ether oxygens (including phenoxy) is 1. The second-order valence-electron chi connectivity index (χ2n) is 7.85. The fourth-order valence-corrected chi connectivity index (χ4v) is 4.07. The second kappa shape index (κ2) is 9.83. The molecule has 0 bridgehead atoms. The quantitative estimate of drug-likeness (QED) is 0.633. The average molecular weight is 415 g/mol. The zero-order valence-electron chi connectivity index (χ0n) is 17.2. The maximum Gasteiger partial charge on any atom is 0.314 e. The fraction of sp³-hybridized carbons (Fsp3) is 0.417. The molecule has 0 unspecified atom stereocenters. The van der Waals surface area contributed by atoms with Gasteiger partial charge in [-0.05, 0) is 68.0 Å². The number of hydrogen-bond acceptors (Lipinski definition) is 3. The summed E-state index contributed by atoms with van der Waals surface area (Å²) in [5, 5.41) is 0. The van der Waals surface area contributed by atoms with Crippen molar-refractivity contribution < 1.29 is 23.1 Å². The molecular weight excluding hydrogens is 388 g/mol. The van der Waals surface area contributed by atoms with Crippen LogP contribution in [-0.2, 0) is 27.2 Å². The molecule has 0 spiro atoms. The summed E-state index contributed by atoms with van der Waals surface area (Å²) in [5.74, 6) is -0.983. The summed E-state index contributed by atoms with van der Waals surface area (Å²) < 4.78 is 31.7. The van der Waals surface area contributed by atoms with Gasteiger partial charge in [0.05, 0.1) is 12.0 Å². The normalized spacial score (nSPS) is 18.8. The van der Waals surface area contributed by atoms with Gasteiger partial charge in [-0.3, -0.25) is 9.59 Å². The predicted molar refractivity (Wildman–Crippen MR) is 110 cm³/mol. The summed E-state index contributed by atoms with van der Waals surface area (Å²) >= 11 is 0. The van der Waals surface area contributed by atoms with Crippen LogP contribution in [0.4, 0.5) is 8.78 Å². The van der Waals surface area contributed by atoms with Crippen LogP contribution in [0.15, 0.2) is 48.5 Å². The minimum Gasteiger partial charge on any atom is -0.466 e. The lowest BCUT2D eigenvalue weighted by Crippen LogP contribution is -2.51. The largest absolute Gasteiger partial charge is 0.466 e. The molecule has 1 fully saturated rings. The van der Waals surface area contributed by atoms with E-state index in [4.69, 9.17) is 4.74 Å². The fourth-order valence-electron chi connectivity index (χ4n) is 4.07. The number of carbonyl (C=O) groups is 2. The number of benzene rings is 2. The molecule has 0 saturated carbocycles. The Balaban J connectivity index is 1.71. The first-order valence-electron chi connectivity index (χ1n) is 10.4. The highest BCUT2D eigenvalue weighted by Gasteiger charge is 2.44. The van der Waals surface area contributed by atoms with Gasteiger partial charge in [-0.2, -0.15) is 0 Å². The molecule has 1 aliphatic rings. The van der Waals surface area contributed by atoms with Gasteiger partial charge in [0.1, 0.15) is 11.6 Å². The van der Waals surface area contributed by atoms with E-state index < -0.39 is 5.41 Å². The lowest BCUT2D eigenvalue weighted by Gasteiger charge is -2.41. The molecule has 1 amide bonds. The molecule has 6 heteroatoms. The van der Waals surface area contributed by atoms with Crippen molar-refractivity contribution in [3.05, 3.63) is 71.3 Å². The molecule has 1 atom stereocenters. The number of carbonyl (C=O) groups excluding carboxylic acids is 2. The topological polar surface area (TPSA) is 46.6 Å². The van der Waals surface area contributed by atoms with Crippen molar-refractivity contribution in [2.75, 3.05) is 19.7 Å². The Morgan fingerprint density at radius 3 is 2.20 bits per heavy atom. The first-order valence-corrected chi connectivity index (χ1v) is 10.4. The van der Waals surface area contributed by atoms with Crippen LogP contribution in [0.1, 0.15) is 37.3 Å². The summed E-state index contributed by atoms with van der Waals surface area (Å²) in [6, 6.07) is 12.2. The van der Waals surface area contributed by atoms with Crippen molar-refractivity contribution in [1.29, 1.82) is 0 Å². The van der Waals surface area contributed by atoms with Gasteiger partial charge in [0.25, 0.3) is 0 Å². The summed E-state index contributed by atoms with van der Waals surface area (Å²) in [7, 11) is 0. The zero-order chi connectivity index (χ0) is 21.6. The third-order valence-electron chi connectivity index (χ3n) is 5.63. The van der Waals surface area contributed by atoms with Crippen molar-refractivity contribution in [2.24, 2.45) is 5.41 Å². The van der Waals surface area contributed by atoms with E-state index in [2.05, 4.69) is 0 Å². The van der Waals surface area contributed by atoms with Gasteiger partial charge in [0.15, 0.2) is 0 Å². The van der Waals surface area contributed by atoms with Crippen molar-refractivity contribution >= 4 is 11.9 Å². The van der Waals surface area contributed by atoms with Crippen LogP contribution < -0.4 is 0 Å². The molecule has 3 rings (SSSR count). The molecule has 1 heterocycles. The van der Waals surface area contributed by atoms with E-state index in [1.807, 2.05) is 0 Å². The van der Waals surface area contributed by atoms with Gasteiger partial charge in [-0.15, -0.1) is 0 Å². The molecular formula is C24H27F2NO3. The molecule has 1 saturated heterocycles. The number of rotatable bonds is 7. The SMILES string of the molecule is CCOC(=O)[C@]1(Cc2ccc(F)cc2)CCCN(C(=O)CCc2ccc(F)cc2)C1. The van der Waals surface area contributed by atoms with Crippen LogP contribution >= 0.6 is 0 Å². The van der Waals surface area contributed by atoms with Gasteiger partial charge in [0, 0.05) is 19.5 Å². The number of piperidine rings is 1. The number of halogens is 2. The lowest BCUT2D eigenvalue weighted by atomic mass is 9.75. The maximum atomic E-state index is 13.3. The standard InChI is InChI=1S/C24H27F2NO3/c1-2-30-23(29)24(16-19-6-11-21(26)12-7-19)14-3-15-27(17-24)22(28)13-8-18-4-9-20(25)10-5-18/h4-7,9-12H,2-3,8,13-17H2,1H3/t24-/m0/s1. The van der Waals surface area contributed by atoms with Gasteiger partial charge >= 0.3 is 5.97 Å². The van der Waals surface area contributed by atoms with Crippen molar-refractivity contribution in [3.63, 3.8) is 0 Å². The van der Waals surface area contributed by atoms with Crippen LogP contribution in [-0.4, -0.2) is 36.5 Å². The first-order chi connectivity index (χ1) is 14.4. The Kier molecular flexibility index (Phi) is 7.19. The molecule has 0 aliphatic carbocycles. The van der Waals surface area contributed by atoms with Crippen LogP contribution in [0.25, 0.3) is 0 Å². The zero-order valence-corrected chi connectivity index (χ0v) is 17.2. The molecule has 160 valence electrons. The molecule has 0 N–H and O–H groups in total. The van der Waals surface area contributed by atoms with E-state index in [-0.39, 0.29) is 36.7 Å². The number of hydrogen-bond donors (Lipinski definition) is 0. The Hall–Kier alpha value is -2.76. The van der Waals surface area contributed by atoms with E-state index in [1.54, 1.807) is 36.1 Å². The van der Waals surface area contributed by atoms with Gasteiger partial charge in [-0.25, -0.2) is 8.78 Å². The van der Waals surface area contributed by atoms with Crippen LogP contribution in [0.3, 0.4) is 0 Å². The monoisotopic (exact) mass is 415 g/mol. The van der Waals surface area contributed by atoms with Crippen molar-refractivity contribution in [2.45, 2.75) is 39.0 Å². The lowest BCUT2D eigenvalue weighted by molar-refractivity contribution is -0.160. The summed E-state index contributed by atoms with van der Waals surface area (Å²) in [5.41, 5.74) is 0.896. The van der Waals surface area contributed by atoms with Crippen molar-refractivity contribution in [3.8, 4) is 0 Å². The molecule has 2 aromatic rings. The van der Waals surface area contributed by atoms with E-state index in [0.29, 0.717) is 38.6 Å². The average Bonchev–Trinajstić information content (AvgIpc) is 2.75. The van der Waals surface area contributed by atoms with E-state index in [9.17, 15) is 18.4 Å². The summed E-state index contributed by atoms with van der Waals surface area (Å²) in [6.07, 6.45) is 2.52. The molecule has 0 aromatic heterocycles. The Bertz CT molecular complexity index is 867. The third kappa shape index (κ3) is 5.43. The van der Waals surface area contributed by atoms with Gasteiger partial charge < -0.3 is 9.64 Å². The molecule has 4 nitrogen and oxygen atoms in total. The van der Waals surface area contributed by atoms with Crippen LogP contribution in [0.5, 0.6) is 0 Å². The van der Waals surface area contributed by atoms with E-state index >= 15 is 0 Å². The highest BCUT2D eigenvalue weighted by Crippen LogP contribution is 2.35. The number of nitrogens with zero attached hydrogens (tertiary/aromatic N) is 1. The summed E-state index contributed by atoms with van der Waals surface area (Å²) in [4.78, 5) is 27.5. The van der Waals surface area contributed by atoms with E-state index in [1.165, 1.54) is 24.3 Å². The minimum absolute atomic E-state index is 0.0354. The Morgan fingerprint density at radius 2 is 1.60 bits per heavy atom. The number of amides is 1. The highest BCUT2D eigenvalue weighted by atomic mass is 19.1. The molecule has 30 heavy (non-hydrogen) atoms. The van der Waals surface area contributed by atoms with E-state index in [0.717, 1.165) is 11.1 Å². The smallest absolute Gasteiger partial charge is 0.314 e. The highest BCUT2D eigenvalue weighted by molar-refractivity contribution is 5.81. The van der Waals surface area contributed by atoms with Crippen LogP contribution in [0, 0.1) is 17.0 Å². The van der Waals surface area contributed by atoms with Crippen LogP contribution in [0.2, 0.25) is 0 Å². The van der Waals surface area contributed by atoms with Crippen molar-refractivity contribution in [1.82, 2.24) is 4.90 Å². The predicted octanol–water partition coefficient (Wildman–Crippen LogP) is 4.31. The van der Waals surface area contributed by atoms with Gasteiger partial charge in [0.2, 0.25) is 5.91 Å². The number of likely N-dealkylation sites (tertiary alicyclic amines) is 1. The number of esters is 1. The molecule has 2 aromatic carbocycles. The molecule has 0 radical (unpaired) electrons. The first kappa shape index (κ1) is 21.9. The van der Waals surface area contributed by atoms with Gasteiger partial charge in [-0.1, -0.05) is 24.3 Å². The number of aryl methyl sites for hydroxylation is 1.